The highest BCUT2D eigenvalue weighted by Gasteiger charge is 2.21. The quantitative estimate of drug-likeness (QED) is 0.779. The second-order valence-electron chi connectivity index (χ2n) is 4.14. The highest BCUT2D eigenvalue weighted by atomic mass is 35.5. The van der Waals surface area contributed by atoms with E-state index in [2.05, 4.69) is 19.7 Å². The van der Waals surface area contributed by atoms with Crippen molar-refractivity contribution in [3.05, 3.63) is 34.4 Å². The Kier molecular flexibility index (Phi) is 4.27. The summed E-state index contributed by atoms with van der Waals surface area (Å²) in [4.78, 5) is 23.2. The average Bonchev–Trinajstić information content (AvgIpc) is 3.02. The molecule has 0 bridgehead atoms. The van der Waals surface area contributed by atoms with Crippen molar-refractivity contribution in [3.63, 3.8) is 0 Å². The van der Waals surface area contributed by atoms with E-state index in [1.165, 1.54) is 29.6 Å². The van der Waals surface area contributed by atoms with Crippen molar-refractivity contribution in [2.75, 3.05) is 14.2 Å². The molecule has 2 rings (SSSR count). The molecule has 0 fully saturated rings. The molecule has 0 atom stereocenters. The summed E-state index contributed by atoms with van der Waals surface area (Å²) in [7, 11) is 4.17. The maximum Gasteiger partial charge on any atom is 0.358 e. The van der Waals surface area contributed by atoms with Gasteiger partial charge in [0.05, 0.1) is 26.5 Å². The fourth-order valence-electron chi connectivity index (χ4n) is 1.74. The molecule has 0 unspecified atom stereocenters. The molecule has 0 aliphatic heterocycles. The molecule has 0 radical (unpaired) electrons. The number of aryl methyl sites for hydroxylation is 1. The monoisotopic (exact) mass is 312 g/mol. The van der Waals surface area contributed by atoms with Crippen molar-refractivity contribution in [2.45, 2.75) is 6.54 Å². The van der Waals surface area contributed by atoms with Gasteiger partial charge >= 0.3 is 11.9 Å². The number of halogens is 1. The molecule has 2 aromatic rings. The van der Waals surface area contributed by atoms with Gasteiger partial charge in [-0.05, 0) is 0 Å². The molecular formula is C12H13ClN4O4. The number of carbonyl (C=O) groups excluding carboxylic acids is 2. The van der Waals surface area contributed by atoms with E-state index in [1.54, 1.807) is 13.1 Å². The van der Waals surface area contributed by atoms with Gasteiger partial charge in [0, 0.05) is 19.2 Å². The minimum atomic E-state index is -0.641. The smallest absolute Gasteiger partial charge is 0.358 e. The van der Waals surface area contributed by atoms with Crippen LogP contribution in [0.5, 0.6) is 0 Å². The van der Waals surface area contributed by atoms with E-state index in [4.69, 9.17) is 11.6 Å². The Morgan fingerprint density at radius 1 is 1.19 bits per heavy atom. The second kappa shape index (κ2) is 5.96. The van der Waals surface area contributed by atoms with E-state index >= 15 is 0 Å². The van der Waals surface area contributed by atoms with Gasteiger partial charge in [-0.2, -0.15) is 10.2 Å². The van der Waals surface area contributed by atoms with Crippen LogP contribution in [0, 0.1) is 0 Å². The van der Waals surface area contributed by atoms with E-state index in [1.807, 2.05) is 0 Å². The number of aromatic nitrogens is 4. The first kappa shape index (κ1) is 15.0. The van der Waals surface area contributed by atoms with Gasteiger partial charge in [-0.25, -0.2) is 9.59 Å². The summed E-state index contributed by atoms with van der Waals surface area (Å²) in [6.45, 7) is 0.169. The van der Waals surface area contributed by atoms with E-state index in [-0.39, 0.29) is 17.9 Å². The number of carbonyl (C=O) groups is 2. The first-order valence-corrected chi connectivity index (χ1v) is 6.27. The van der Waals surface area contributed by atoms with Crippen LogP contribution in [0.1, 0.15) is 26.7 Å². The molecule has 0 aliphatic rings. The minimum Gasteiger partial charge on any atom is -0.464 e. The maximum atomic E-state index is 11.7. The summed E-state index contributed by atoms with van der Waals surface area (Å²) < 4.78 is 12.1. The van der Waals surface area contributed by atoms with Gasteiger partial charge in [0.25, 0.3) is 0 Å². The molecule has 0 saturated carbocycles. The predicted octanol–water partition coefficient (Wildman–Crippen LogP) is 0.891. The molecule has 0 saturated heterocycles. The summed E-state index contributed by atoms with van der Waals surface area (Å²) in [5.41, 5.74) is 0.728. The Labute approximate surface area is 125 Å². The Morgan fingerprint density at radius 3 is 2.38 bits per heavy atom. The van der Waals surface area contributed by atoms with E-state index in [0.29, 0.717) is 10.8 Å². The zero-order valence-electron chi connectivity index (χ0n) is 11.7. The van der Waals surface area contributed by atoms with Crippen molar-refractivity contribution in [2.24, 2.45) is 7.05 Å². The van der Waals surface area contributed by atoms with E-state index < -0.39 is 11.9 Å². The SMILES string of the molecule is COC(=O)c1cc(C(=O)OC)n(Cc2cc(Cl)n(C)n2)n1. The lowest BCUT2D eigenvalue weighted by Crippen LogP contribution is -2.13. The Morgan fingerprint density at radius 2 is 1.86 bits per heavy atom. The minimum absolute atomic E-state index is 0.0138. The van der Waals surface area contributed by atoms with Gasteiger partial charge in [-0.15, -0.1) is 0 Å². The molecule has 0 amide bonds. The fourth-order valence-corrected chi connectivity index (χ4v) is 1.91. The summed E-state index contributed by atoms with van der Waals surface area (Å²) >= 11 is 5.91. The normalized spacial score (nSPS) is 10.5. The average molecular weight is 313 g/mol. The lowest BCUT2D eigenvalue weighted by molar-refractivity contribution is 0.0581. The van der Waals surface area contributed by atoms with Crippen LogP contribution in [0.4, 0.5) is 0 Å². The summed E-state index contributed by atoms with van der Waals surface area (Å²) in [5.74, 6) is -1.25. The molecule has 0 aromatic carbocycles. The maximum absolute atomic E-state index is 11.7. The molecule has 8 nitrogen and oxygen atoms in total. The zero-order chi connectivity index (χ0) is 15.6. The molecule has 0 N–H and O–H groups in total. The van der Waals surface area contributed by atoms with Crippen LogP contribution in [0.2, 0.25) is 5.15 Å². The Hall–Kier alpha value is -2.35. The van der Waals surface area contributed by atoms with Gasteiger partial charge in [-0.3, -0.25) is 9.36 Å². The van der Waals surface area contributed by atoms with Crippen molar-refractivity contribution in [1.82, 2.24) is 19.6 Å². The summed E-state index contributed by atoms with van der Waals surface area (Å²) in [5, 5.41) is 8.64. The first-order chi connectivity index (χ1) is 9.96. The fraction of sp³-hybridized carbons (Fsp3) is 0.333. The first-order valence-electron chi connectivity index (χ1n) is 5.89. The predicted molar refractivity (Wildman–Crippen MR) is 72.2 cm³/mol. The number of nitrogens with zero attached hydrogens (tertiary/aromatic N) is 4. The molecule has 2 heterocycles. The van der Waals surface area contributed by atoms with Gasteiger partial charge in [0.1, 0.15) is 10.8 Å². The molecule has 2 aromatic heterocycles. The molecule has 21 heavy (non-hydrogen) atoms. The van der Waals surface area contributed by atoms with Crippen molar-refractivity contribution in [3.8, 4) is 0 Å². The number of hydrogen-bond donors (Lipinski definition) is 0. The zero-order valence-corrected chi connectivity index (χ0v) is 12.4. The summed E-state index contributed by atoms with van der Waals surface area (Å²) in [6, 6.07) is 2.95. The highest BCUT2D eigenvalue weighted by Crippen LogP contribution is 2.13. The van der Waals surface area contributed by atoms with E-state index in [0.717, 1.165) is 0 Å². The molecule has 0 aliphatic carbocycles. The summed E-state index contributed by atoms with van der Waals surface area (Å²) in [6.07, 6.45) is 0. The topological polar surface area (TPSA) is 88.2 Å². The molecule has 112 valence electrons. The third-order valence-electron chi connectivity index (χ3n) is 2.75. The van der Waals surface area contributed by atoms with Crippen LogP contribution in [0.15, 0.2) is 12.1 Å². The Balaban J connectivity index is 2.38. The number of esters is 2. The number of methoxy groups -OCH3 is 2. The highest BCUT2D eigenvalue weighted by molar-refractivity contribution is 6.29. The third-order valence-corrected chi connectivity index (χ3v) is 3.11. The number of hydrogen-bond acceptors (Lipinski definition) is 6. The molecule has 9 heteroatoms. The molecular weight excluding hydrogens is 300 g/mol. The lowest BCUT2D eigenvalue weighted by Gasteiger charge is -2.03. The van der Waals surface area contributed by atoms with Crippen molar-refractivity contribution >= 4 is 23.5 Å². The van der Waals surface area contributed by atoms with Gasteiger partial charge in [0.15, 0.2) is 5.69 Å². The number of rotatable bonds is 4. The van der Waals surface area contributed by atoms with Crippen molar-refractivity contribution in [1.29, 1.82) is 0 Å². The van der Waals surface area contributed by atoms with Crippen LogP contribution in [-0.4, -0.2) is 45.7 Å². The van der Waals surface area contributed by atoms with Crippen LogP contribution in [0.25, 0.3) is 0 Å². The second-order valence-corrected chi connectivity index (χ2v) is 4.52. The number of ether oxygens (including phenoxy) is 2. The largest absolute Gasteiger partial charge is 0.464 e. The van der Waals surface area contributed by atoms with Gasteiger partial charge in [-0.1, -0.05) is 11.6 Å². The standard InChI is InChI=1S/C12H13ClN4O4/c1-16-10(13)4-7(14-16)6-17-9(12(19)21-3)5-8(15-17)11(18)20-2/h4-5H,6H2,1-3H3. The Bertz CT molecular complexity index is 672. The van der Waals surface area contributed by atoms with Crippen LogP contribution < -0.4 is 0 Å². The van der Waals surface area contributed by atoms with Gasteiger partial charge in [0.2, 0.25) is 0 Å². The van der Waals surface area contributed by atoms with Crippen molar-refractivity contribution < 1.29 is 19.1 Å². The van der Waals surface area contributed by atoms with Crippen LogP contribution in [-0.2, 0) is 23.1 Å². The molecule has 0 spiro atoms. The van der Waals surface area contributed by atoms with E-state index in [9.17, 15) is 9.59 Å². The van der Waals surface area contributed by atoms with Crippen LogP contribution >= 0.6 is 11.6 Å². The van der Waals surface area contributed by atoms with Crippen LogP contribution in [0.3, 0.4) is 0 Å². The lowest BCUT2D eigenvalue weighted by atomic mass is 10.3. The van der Waals surface area contributed by atoms with Gasteiger partial charge < -0.3 is 9.47 Å². The third kappa shape index (κ3) is 3.05.